The average molecular weight is 344 g/mol. The lowest BCUT2D eigenvalue weighted by Gasteiger charge is -2.47. The molecule has 3 fully saturated rings. The summed E-state index contributed by atoms with van der Waals surface area (Å²) in [7, 11) is 0. The fourth-order valence-electron chi connectivity index (χ4n) is 4.09. The van der Waals surface area contributed by atoms with Gasteiger partial charge in [0.05, 0.1) is 31.6 Å². The van der Waals surface area contributed by atoms with Gasteiger partial charge in [0.1, 0.15) is 11.3 Å². The summed E-state index contributed by atoms with van der Waals surface area (Å²) in [4.78, 5) is 36.7. The summed E-state index contributed by atoms with van der Waals surface area (Å²) in [6.45, 7) is 5.42. The number of likely N-dealkylation sites (tertiary alicyclic amines) is 2. The minimum Gasteiger partial charge on any atom is -0.371 e. The molecule has 1 atom stereocenters. The molecule has 0 bridgehead atoms. The van der Waals surface area contributed by atoms with Gasteiger partial charge in [-0.2, -0.15) is 0 Å². The van der Waals surface area contributed by atoms with Crippen LogP contribution in [0, 0.1) is 12.8 Å². The van der Waals surface area contributed by atoms with E-state index in [1.54, 1.807) is 11.1 Å². The minimum absolute atomic E-state index is 0.0988. The Kier molecular flexibility index (Phi) is 4.19. The van der Waals surface area contributed by atoms with Crippen molar-refractivity contribution in [1.82, 2.24) is 19.8 Å². The lowest BCUT2D eigenvalue weighted by molar-refractivity contribution is -0.131. The van der Waals surface area contributed by atoms with E-state index in [0.717, 1.165) is 38.0 Å². The van der Waals surface area contributed by atoms with E-state index in [2.05, 4.69) is 9.97 Å². The fourth-order valence-corrected chi connectivity index (χ4v) is 4.09. The third-order valence-electron chi connectivity index (χ3n) is 5.45. The molecule has 0 radical (unpaired) electrons. The summed E-state index contributed by atoms with van der Waals surface area (Å²) in [6.07, 6.45) is 6.80. The van der Waals surface area contributed by atoms with Crippen LogP contribution in [0.3, 0.4) is 0 Å². The van der Waals surface area contributed by atoms with Crippen LogP contribution in [-0.2, 0) is 9.53 Å². The van der Waals surface area contributed by atoms with E-state index in [1.807, 2.05) is 11.8 Å². The Morgan fingerprint density at radius 3 is 2.64 bits per heavy atom. The highest BCUT2D eigenvalue weighted by Gasteiger charge is 2.51. The lowest BCUT2D eigenvalue weighted by Crippen LogP contribution is -2.63. The minimum atomic E-state index is -0.260. The van der Waals surface area contributed by atoms with E-state index in [-0.39, 0.29) is 23.3 Å². The second-order valence-corrected chi connectivity index (χ2v) is 7.56. The van der Waals surface area contributed by atoms with Crippen molar-refractivity contribution in [1.29, 1.82) is 0 Å². The zero-order valence-electron chi connectivity index (χ0n) is 14.6. The van der Waals surface area contributed by atoms with Crippen molar-refractivity contribution in [3.05, 3.63) is 23.8 Å². The van der Waals surface area contributed by atoms with Crippen LogP contribution in [0.25, 0.3) is 0 Å². The number of aromatic nitrogens is 2. The maximum Gasteiger partial charge on any atom is 0.274 e. The maximum absolute atomic E-state index is 12.4. The molecule has 1 spiro atoms. The van der Waals surface area contributed by atoms with Gasteiger partial charge < -0.3 is 14.5 Å². The van der Waals surface area contributed by atoms with Crippen LogP contribution in [-0.4, -0.2) is 70.0 Å². The fraction of sp³-hybridized carbons (Fsp3) is 0.667. The number of amides is 2. The summed E-state index contributed by atoms with van der Waals surface area (Å²) >= 11 is 0. The number of hydrogen-bond donors (Lipinski definition) is 0. The van der Waals surface area contributed by atoms with Gasteiger partial charge in [-0.25, -0.2) is 4.98 Å². The number of ether oxygens (including phenoxy) is 1. The summed E-state index contributed by atoms with van der Waals surface area (Å²) < 4.78 is 5.99. The first-order valence-electron chi connectivity index (χ1n) is 9.04. The van der Waals surface area contributed by atoms with Gasteiger partial charge >= 0.3 is 0 Å². The van der Waals surface area contributed by atoms with Crippen molar-refractivity contribution < 1.29 is 14.3 Å². The lowest BCUT2D eigenvalue weighted by atomic mass is 9.85. The number of carbonyl (C=O) groups excluding carboxylic acids is 2. The van der Waals surface area contributed by atoms with Gasteiger partial charge in [-0.05, 0) is 32.1 Å². The number of carbonyl (C=O) groups is 2. The van der Waals surface area contributed by atoms with Crippen molar-refractivity contribution >= 4 is 11.8 Å². The highest BCUT2D eigenvalue weighted by atomic mass is 16.5. The summed E-state index contributed by atoms with van der Waals surface area (Å²) in [5.41, 5.74) is 0.907. The molecule has 0 aliphatic carbocycles. The van der Waals surface area contributed by atoms with Gasteiger partial charge in [-0.1, -0.05) is 0 Å². The predicted octanol–water partition coefficient (Wildman–Crippen LogP) is 1.03. The number of rotatable bonds is 3. The molecule has 7 nitrogen and oxygen atoms in total. The standard InChI is InChI=1S/C18H24N4O3/c1-13-8-20-15(9-19-13)17(24)22-11-18(12-22)7-14(10-25-18)6-16(23)21-4-2-3-5-21/h8-9,14H,2-7,10-12H2,1H3. The van der Waals surface area contributed by atoms with Crippen LogP contribution in [0.15, 0.2) is 12.4 Å². The molecule has 3 saturated heterocycles. The zero-order valence-corrected chi connectivity index (χ0v) is 14.6. The van der Waals surface area contributed by atoms with Crippen molar-refractivity contribution in [2.75, 3.05) is 32.8 Å². The Balaban J connectivity index is 1.29. The van der Waals surface area contributed by atoms with E-state index in [4.69, 9.17) is 4.74 Å². The monoisotopic (exact) mass is 344 g/mol. The normalized spacial score (nSPS) is 24.6. The van der Waals surface area contributed by atoms with Crippen LogP contribution in [0.4, 0.5) is 0 Å². The third kappa shape index (κ3) is 3.25. The molecule has 1 aromatic rings. The molecule has 3 aliphatic heterocycles. The summed E-state index contributed by atoms with van der Waals surface area (Å²) in [5, 5.41) is 0. The van der Waals surface area contributed by atoms with Crippen LogP contribution in [0.2, 0.25) is 0 Å². The van der Waals surface area contributed by atoms with Crippen molar-refractivity contribution in [2.24, 2.45) is 5.92 Å². The molecular weight excluding hydrogens is 320 g/mol. The molecule has 0 N–H and O–H groups in total. The molecular formula is C18H24N4O3. The van der Waals surface area contributed by atoms with Crippen LogP contribution >= 0.6 is 0 Å². The molecule has 4 heterocycles. The average Bonchev–Trinajstić information content (AvgIpc) is 3.23. The topological polar surface area (TPSA) is 75.6 Å². The maximum atomic E-state index is 12.4. The zero-order chi connectivity index (χ0) is 17.4. The van der Waals surface area contributed by atoms with Gasteiger partial charge in [0.2, 0.25) is 5.91 Å². The Morgan fingerprint density at radius 2 is 1.96 bits per heavy atom. The second-order valence-electron chi connectivity index (χ2n) is 7.56. The number of nitrogens with zero attached hydrogens (tertiary/aromatic N) is 4. The Labute approximate surface area is 147 Å². The third-order valence-corrected chi connectivity index (χ3v) is 5.45. The van der Waals surface area contributed by atoms with E-state index >= 15 is 0 Å². The van der Waals surface area contributed by atoms with E-state index in [0.29, 0.717) is 31.8 Å². The SMILES string of the molecule is Cc1cnc(C(=O)N2CC3(CC(CC(=O)N4CCCC4)CO3)C2)cn1. The van der Waals surface area contributed by atoms with Crippen molar-refractivity contribution in [3.8, 4) is 0 Å². The predicted molar refractivity (Wildman–Crippen MR) is 89.9 cm³/mol. The number of hydrogen-bond acceptors (Lipinski definition) is 5. The highest BCUT2D eigenvalue weighted by Crippen LogP contribution is 2.39. The van der Waals surface area contributed by atoms with Crippen LogP contribution < -0.4 is 0 Å². The Bertz CT molecular complexity index is 663. The van der Waals surface area contributed by atoms with E-state index in [9.17, 15) is 9.59 Å². The smallest absolute Gasteiger partial charge is 0.274 e. The molecule has 4 rings (SSSR count). The molecule has 2 amide bonds. The summed E-state index contributed by atoms with van der Waals surface area (Å²) in [6, 6.07) is 0. The van der Waals surface area contributed by atoms with Gasteiger partial charge in [-0.15, -0.1) is 0 Å². The highest BCUT2D eigenvalue weighted by molar-refractivity contribution is 5.92. The quantitative estimate of drug-likeness (QED) is 0.819. The molecule has 0 saturated carbocycles. The van der Waals surface area contributed by atoms with Crippen molar-refractivity contribution in [2.45, 2.75) is 38.2 Å². The molecule has 25 heavy (non-hydrogen) atoms. The Morgan fingerprint density at radius 1 is 1.20 bits per heavy atom. The van der Waals surface area contributed by atoms with Gasteiger partial charge in [-0.3, -0.25) is 14.6 Å². The van der Waals surface area contributed by atoms with E-state index in [1.165, 1.54) is 6.20 Å². The molecule has 3 aliphatic rings. The van der Waals surface area contributed by atoms with Gasteiger partial charge in [0, 0.05) is 25.7 Å². The molecule has 7 heteroatoms. The van der Waals surface area contributed by atoms with Crippen LogP contribution in [0.1, 0.15) is 41.9 Å². The first kappa shape index (κ1) is 16.4. The van der Waals surface area contributed by atoms with Gasteiger partial charge in [0.15, 0.2) is 0 Å². The van der Waals surface area contributed by atoms with E-state index < -0.39 is 0 Å². The Hall–Kier alpha value is -2.02. The van der Waals surface area contributed by atoms with Crippen LogP contribution in [0.5, 0.6) is 0 Å². The van der Waals surface area contributed by atoms with Gasteiger partial charge in [0.25, 0.3) is 5.91 Å². The summed E-state index contributed by atoms with van der Waals surface area (Å²) in [5.74, 6) is 0.424. The molecule has 134 valence electrons. The molecule has 1 aromatic heterocycles. The number of aryl methyl sites for hydroxylation is 1. The first-order chi connectivity index (χ1) is 12.0. The van der Waals surface area contributed by atoms with Crippen molar-refractivity contribution in [3.63, 3.8) is 0 Å². The molecule has 0 aromatic carbocycles. The molecule has 1 unspecified atom stereocenters. The second kappa shape index (κ2) is 6.37. The largest absolute Gasteiger partial charge is 0.371 e. The first-order valence-corrected chi connectivity index (χ1v) is 9.04.